The SMILES string of the molecule is COc1cccc(C2CCN(CCN)CC2)n1.Cl.Cl.Cl. The van der Waals surface area contributed by atoms with Crippen LogP contribution in [0.25, 0.3) is 0 Å². The van der Waals surface area contributed by atoms with Crippen LogP contribution < -0.4 is 10.5 Å². The minimum atomic E-state index is 0. The topological polar surface area (TPSA) is 51.4 Å². The fourth-order valence-corrected chi connectivity index (χ4v) is 2.41. The summed E-state index contributed by atoms with van der Waals surface area (Å²) in [5, 5.41) is 0. The zero-order valence-electron chi connectivity index (χ0n) is 11.7. The van der Waals surface area contributed by atoms with E-state index in [1.807, 2.05) is 12.1 Å². The highest BCUT2D eigenvalue weighted by atomic mass is 35.5. The molecule has 7 heteroatoms. The second-order valence-electron chi connectivity index (χ2n) is 4.51. The van der Waals surface area contributed by atoms with Gasteiger partial charge in [-0.1, -0.05) is 6.07 Å². The Hall–Kier alpha value is -0.260. The number of methoxy groups -OCH3 is 1. The lowest BCUT2D eigenvalue weighted by Crippen LogP contribution is -2.36. The van der Waals surface area contributed by atoms with Crippen molar-refractivity contribution in [2.24, 2.45) is 5.73 Å². The molecule has 0 radical (unpaired) electrons. The Kier molecular flexibility index (Phi) is 12.6. The molecule has 2 heterocycles. The van der Waals surface area contributed by atoms with Crippen molar-refractivity contribution in [3.8, 4) is 5.88 Å². The second kappa shape index (κ2) is 11.4. The summed E-state index contributed by atoms with van der Waals surface area (Å²) in [7, 11) is 1.66. The molecular weight excluding hydrogens is 321 g/mol. The molecule has 118 valence electrons. The third-order valence-electron chi connectivity index (χ3n) is 3.41. The molecule has 1 fully saturated rings. The lowest BCUT2D eigenvalue weighted by atomic mass is 9.93. The third-order valence-corrected chi connectivity index (χ3v) is 3.41. The summed E-state index contributed by atoms with van der Waals surface area (Å²) < 4.78 is 5.17. The van der Waals surface area contributed by atoms with Crippen molar-refractivity contribution < 1.29 is 4.74 Å². The first-order valence-electron chi connectivity index (χ1n) is 6.27. The van der Waals surface area contributed by atoms with Crippen LogP contribution in [0, 0.1) is 0 Å². The number of aromatic nitrogens is 1. The minimum absolute atomic E-state index is 0. The maximum atomic E-state index is 5.57. The molecule has 1 aliphatic rings. The molecule has 2 rings (SSSR count). The molecule has 0 atom stereocenters. The largest absolute Gasteiger partial charge is 0.481 e. The van der Waals surface area contributed by atoms with Crippen LogP contribution in [0.3, 0.4) is 0 Å². The van der Waals surface area contributed by atoms with Crippen LogP contribution in [0.4, 0.5) is 0 Å². The van der Waals surface area contributed by atoms with E-state index in [2.05, 4.69) is 16.0 Å². The van der Waals surface area contributed by atoms with Crippen molar-refractivity contribution in [1.82, 2.24) is 9.88 Å². The van der Waals surface area contributed by atoms with Gasteiger partial charge in [0.2, 0.25) is 5.88 Å². The van der Waals surface area contributed by atoms with E-state index in [9.17, 15) is 0 Å². The molecule has 1 aromatic rings. The molecule has 20 heavy (non-hydrogen) atoms. The summed E-state index contributed by atoms with van der Waals surface area (Å²) in [4.78, 5) is 6.95. The van der Waals surface area contributed by atoms with E-state index in [0.717, 1.165) is 31.9 Å². The van der Waals surface area contributed by atoms with Crippen LogP contribution in [0.5, 0.6) is 5.88 Å². The molecule has 0 amide bonds. The lowest BCUT2D eigenvalue weighted by Gasteiger charge is -2.31. The molecular formula is C13H24Cl3N3O. The van der Waals surface area contributed by atoms with Crippen molar-refractivity contribution in [2.45, 2.75) is 18.8 Å². The third kappa shape index (κ3) is 6.02. The van der Waals surface area contributed by atoms with Crippen LogP contribution in [-0.4, -0.2) is 43.2 Å². The summed E-state index contributed by atoms with van der Waals surface area (Å²) >= 11 is 0. The maximum Gasteiger partial charge on any atom is 0.213 e. The number of piperidine rings is 1. The van der Waals surface area contributed by atoms with Crippen LogP contribution in [0.15, 0.2) is 18.2 Å². The van der Waals surface area contributed by atoms with E-state index in [-0.39, 0.29) is 37.2 Å². The van der Waals surface area contributed by atoms with Gasteiger partial charge in [-0.25, -0.2) is 4.98 Å². The van der Waals surface area contributed by atoms with Gasteiger partial charge >= 0.3 is 0 Å². The second-order valence-corrected chi connectivity index (χ2v) is 4.51. The molecule has 2 N–H and O–H groups in total. The molecule has 0 spiro atoms. The predicted octanol–water partition coefficient (Wildman–Crippen LogP) is 2.49. The molecule has 4 nitrogen and oxygen atoms in total. The number of hydrogen-bond acceptors (Lipinski definition) is 4. The van der Waals surface area contributed by atoms with Crippen molar-refractivity contribution in [1.29, 1.82) is 0 Å². The molecule has 1 aliphatic heterocycles. The van der Waals surface area contributed by atoms with E-state index >= 15 is 0 Å². The first-order chi connectivity index (χ1) is 8.33. The first-order valence-corrected chi connectivity index (χ1v) is 6.27. The lowest BCUT2D eigenvalue weighted by molar-refractivity contribution is 0.216. The monoisotopic (exact) mass is 343 g/mol. The Bertz CT molecular complexity index is 360. The van der Waals surface area contributed by atoms with Gasteiger partial charge in [0.25, 0.3) is 0 Å². The summed E-state index contributed by atoms with van der Waals surface area (Å²) in [5.74, 6) is 1.28. The van der Waals surface area contributed by atoms with Crippen molar-refractivity contribution in [3.05, 3.63) is 23.9 Å². The molecule has 1 aromatic heterocycles. The van der Waals surface area contributed by atoms with Gasteiger partial charge in [0.15, 0.2) is 0 Å². The van der Waals surface area contributed by atoms with Crippen LogP contribution in [0.2, 0.25) is 0 Å². The van der Waals surface area contributed by atoms with Crippen molar-refractivity contribution >= 4 is 37.2 Å². The summed E-state index contributed by atoms with van der Waals surface area (Å²) in [5.41, 5.74) is 6.74. The van der Waals surface area contributed by atoms with E-state index in [1.54, 1.807) is 7.11 Å². The Morgan fingerprint density at radius 1 is 1.25 bits per heavy atom. The van der Waals surface area contributed by atoms with E-state index in [0.29, 0.717) is 11.8 Å². The number of likely N-dealkylation sites (tertiary alicyclic amines) is 1. The van der Waals surface area contributed by atoms with Crippen LogP contribution >= 0.6 is 37.2 Å². The number of pyridine rings is 1. The normalized spacial score (nSPS) is 15.5. The van der Waals surface area contributed by atoms with E-state index < -0.39 is 0 Å². The summed E-state index contributed by atoms with van der Waals surface area (Å²) in [6.45, 7) is 4.02. The number of rotatable bonds is 4. The van der Waals surface area contributed by atoms with Crippen molar-refractivity contribution in [2.75, 3.05) is 33.3 Å². The quantitative estimate of drug-likeness (QED) is 0.912. The Morgan fingerprint density at radius 3 is 2.45 bits per heavy atom. The predicted molar refractivity (Wildman–Crippen MR) is 90.0 cm³/mol. The highest BCUT2D eigenvalue weighted by Crippen LogP contribution is 2.27. The number of ether oxygens (including phenoxy) is 1. The van der Waals surface area contributed by atoms with E-state index in [1.165, 1.54) is 12.8 Å². The summed E-state index contributed by atoms with van der Waals surface area (Å²) in [6, 6.07) is 6.02. The fraction of sp³-hybridized carbons (Fsp3) is 0.615. The highest BCUT2D eigenvalue weighted by molar-refractivity contribution is 5.86. The number of hydrogen-bond donors (Lipinski definition) is 1. The van der Waals surface area contributed by atoms with Gasteiger partial charge in [-0.15, -0.1) is 37.2 Å². The Labute approximate surface area is 139 Å². The summed E-state index contributed by atoms with van der Waals surface area (Å²) in [6.07, 6.45) is 2.33. The van der Waals surface area contributed by atoms with Gasteiger partial charge in [0.1, 0.15) is 0 Å². The molecule has 0 aliphatic carbocycles. The van der Waals surface area contributed by atoms with Gasteiger partial charge in [0.05, 0.1) is 7.11 Å². The van der Waals surface area contributed by atoms with Crippen LogP contribution in [0.1, 0.15) is 24.5 Å². The molecule has 0 saturated carbocycles. The smallest absolute Gasteiger partial charge is 0.213 e. The number of halogens is 3. The molecule has 0 unspecified atom stereocenters. The average Bonchev–Trinajstić information content (AvgIpc) is 2.40. The van der Waals surface area contributed by atoms with Crippen molar-refractivity contribution in [3.63, 3.8) is 0 Å². The fourth-order valence-electron chi connectivity index (χ4n) is 2.41. The number of nitrogens with zero attached hydrogens (tertiary/aromatic N) is 2. The number of nitrogens with two attached hydrogens (primary N) is 1. The van der Waals surface area contributed by atoms with Gasteiger partial charge in [-0.3, -0.25) is 0 Å². The maximum absolute atomic E-state index is 5.57. The average molecular weight is 345 g/mol. The molecule has 0 aromatic carbocycles. The standard InChI is InChI=1S/C13H21N3O.3ClH/c1-17-13-4-2-3-12(15-13)11-5-8-16(9-6-11)10-7-14;;;/h2-4,11H,5-10,14H2,1H3;3*1H. The first kappa shape index (κ1) is 22.0. The Balaban J connectivity index is 0. The molecule has 0 bridgehead atoms. The highest BCUT2D eigenvalue weighted by Gasteiger charge is 2.21. The van der Waals surface area contributed by atoms with Crippen LogP contribution in [-0.2, 0) is 0 Å². The van der Waals surface area contributed by atoms with Gasteiger partial charge in [-0.05, 0) is 32.0 Å². The molecule has 1 saturated heterocycles. The van der Waals surface area contributed by atoms with Gasteiger partial charge in [-0.2, -0.15) is 0 Å². The van der Waals surface area contributed by atoms with Gasteiger partial charge in [0, 0.05) is 30.8 Å². The van der Waals surface area contributed by atoms with Gasteiger partial charge < -0.3 is 15.4 Å². The minimum Gasteiger partial charge on any atom is -0.481 e. The zero-order chi connectivity index (χ0) is 12.1. The Morgan fingerprint density at radius 2 is 1.90 bits per heavy atom. The van der Waals surface area contributed by atoms with E-state index in [4.69, 9.17) is 10.5 Å². The zero-order valence-corrected chi connectivity index (χ0v) is 14.1.